The first kappa shape index (κ1) is 8.45. The molecule has 0 radical (unpaired) electrons. The molecule has 2 aliphatic rings. The van der Waals surface area contributed by atoms with Gasteiger partial charge in [-0.25, -0.2) is 0 Å². The summed E-state index contributed by atoms with van der Waals surface area (Å²) in [5.41, 5.74) is 0. The monoisotopic (exact) mass is 173 g/mol. The lowest BCUT2D eigenvalue weighted by atomic mass is 9.84. The number of hydrogen-bond acceptors (Lipinski definition) is 2. The first-order valence-electron chi connectivity index (χ1n) is 4.76. The Hall–Kier alpha value is -0.150. The van der Waals surface area contributed by atoms with E-state index in [1.807, 2.05) is 0 Å². The Bertz CT molecular complexity index is 147. The van der Waals surface area contributed by atoms with Crippen LogP contribution in [0.15, 0.2) is 0 Å². The molecule has 0 bridgehead atoms. The molecular weight excluding hydrogens is 157 g/mol. The number of alkyl halides is 1. The van der Waals surface area contributed by atoms with E-state index in [2.05, 4.69) is 5.32 Å². The molecule has 0 saturated carbocycles. The van der Waals surface area contributed by atoms with Crippen LogP contribution in [0.3, 0.4) is 0 Å². The lowest BCUT2D eigenvalue weighted by Gasteiger charge is -2.20. The Morgan fingerprint density at radius 3 is 3.00 bits per heavy atom. The molecular formula is C9H16FNO. The van der Waals surface area contributed by atoms with Crippen molar-refractivity contribution in [1.82, 2.24) is 5.32 Å². The molecule has 0 aromatic heterocycles. The molecule has 2 fully saturated rings. The minimum absolute atomic E-state index is 0.172. The lowest BCUT2D eigenvalue weighted by Crippen LogP contribution is -2.24. The Balaban J connectivity index is 1.92. The minimum atomic E-state index is -0.172. The Kier molecular flexibility index (Phi) is 2.61. The molecule has 3 unspecified atom stereocenters. The van der Waals surface area contributed by atoms with Crippen LogP contribution in [0.4, 0.5) is 4.39 Å². The van der Waals surface area contributed by atoms with Crippen molar-refractivity contribution >= 4 is 0 Å². The quantitative estimate of drug-likeness (QED) is 0.667. The van der Waals surface area contributed by atoms with Crippen LogP contribution >= 0.6 is 0 Å². The van der Waals surface area contributed by atoms with Gasteiger partial charge in [0.15, 0.2) is 0 Å². The van der Waals surface area contributed by atoms with Crippen LogP contribution in [0, 0.1) is 17.8 Å². The molecule has 0 spiro atoms. The highest BCUT2D eigenvalue weighted by Gasteiger charge is 2.35. The third-order valence-electron chi connectivity index (χ3n) is 3.16. The summed E-state index contributed by atoms with van der Waals surface area (Å²) in [6.07, 6.45) is 1.13. The lowest BCUT2D eigenvalue weighted by molar-refractivity contribution is 0.160. The van der Waals surface area contributed by atoms with Crippen molar-refractivity contribution in [1.29, 1.82) is 0 Å². The number of nitrogens with one attached hydrogen (secondary N) is 1. The average molecular weight is 173 g/mol. The van der Waals surface area contributed by atoms with Crippen LogP contribution in [0.1, 0.15) is 6.42 Å². The average Bonchev–Trinajstić information content (AvgIpc) is 2.74. The fourth-order valence-corrected chi connectivity index (χ4v) is 2.36. The van der Waals surface area contributed by atoms with Crippen LogP contribution in [0.25, 0.3) is 0 Å². The number of rotatable bonds is 2. The molecule has 12 heavy (non-hydrogen) atoms. The zero-order valence-corrected chi connectivity index (χ0v) is 7.26. The molecule has 70 valence electrons. The highest BCUT2D eigenvalue weighted by Crippen LogP contribution is 2.30. The Morgan fingerprint density at radius 2 is 2.33 bits per heavy atom. The maximum absolute atomic E-state index is 12.5. The summed E-state index contributed by atoms with van der Waals surface area (Å²) in [4.78, 5) is 0. The smallest absolute Gasteiger partial charge is 0.0937 e. The van der Waals surface area contributed by atoms with Gasteiger partial charge in [-0.1, -0.05) is 0 Å². The van der Waals surface area contributed by atoms with Crippen molar-refractivity contribution in [2.24, 2.45) is 17.8 Å². The summed E-state index contributed by atoms with van der Waals surface area (Å²) in [7, 11) is 0. The molecule has 2 nitrogen and oxygen atoms in total. The zero-order chi connectivity index (χ0) is 8.39. The van der Waals surface area contributed by atoms with Crippen LogP contribution in [-0.2, 0) is 4.74 Å². The van der Waals surface area contributed by atoms with Crippen molar-refractivity contribution in [3.8, 4) is 0 Å². The van der Waals surface area contributed by atoms with Gasteiger partial charge in [0.2, 0.25) is 0 Å². The molecule has 1 N–H and O–H groups in total. The SMILES string of the molecule is FCC1CNCC1C1CCOC1. The third kappa shape index (κ3) is 1.48. The van der Waals surface area contributed by atoms with Crippen molar-refractivity contribution in [3.63, 3.8) is 0 Å². The van der Waals surface area contributed by atoms with Gasteiger partial charge >= 0.3 is 0 Å². The van der Waals surface area contributed by atoms with E-state index in [-0.39, 0.29) is 12.6 Å². The fourth-order valence-electron chi connectivity index (χ4n) is 2.36. The molecule has 0 amide bonds. The van der Waals surface area contributed by atoms with Crippen LogP contribution in [0.2, 0.25) is 0 Å². The van der Waals surface area contributed by atoms with Crippen LogP contribution in [-0.4, -0.2) is 33.0 Å². The second-order valence-corrected chi connectivity index (χ2v) is 3.86. The van der Waals surface area contributed by atoms with Gasteiger partial charge < -0.3 is 10.1 Å². The van der Waals surface area contributed by atoms with Gasteiger partial charge in [-0.05, 0) is 24.8 Å². The number of hydrogen-bond donors (Lipinski definition) is 1. The predicted octanol–water partition coefficient (Wildman–Crippen LogP) is 0.828. The van der Waals surface area contributed by atoms with Crippen molar-refractivity contribution in [3.05, 3.63) is 0 Å². The van der Waals surface area contributed by atoms with E-state index < -0.39 is 0 Å². The molecule has 2 saturated heterocycles. The number of ether oxygens (including phenoxy) is 1. The maximum atomic E-state index is 12.5. The van der Waals surface area contributed by atoms with Gasteiger partial charge in [0.05, 0.1) is 6.67 Å². The molecule has 2 aliphatic heterocycles. The molecule has 0 aliphatic carbocycles. The van der Waals surface area contributed by atoms with E-state index in [0.717, 1.165) is 32.7 Å². The molecule has 2 heterocycles. The van der Waals surface area contributed by atoms with Gasteiger partial charge in [0, 0.05) is 25.7 Å². The summed E-state index contributed by atoms with van der Waals surface area (Å²) in [6, 6.07) is 0. The van der Waals surface area contributed by atoms with E-state index in [1.54, 1.807) is 0 Å². The van der Waals surface area contributed by atoms with E-state index in [4.69, 9.17) is 4.74 Å². The van der Waals surface area contributed by atoms with Crippen molar-refractivity contribution in [2.75, 3.05) is 33.0 Å². The topological polar surface area (TPSA) is 21.3 Å². The van der Waals surface area contributed by atoms with Gasteiger partial charge in [0.1, 0.15) is 0 Å². The summed E-state index contributed by atoms with van der Waals surface area (Å²) in [5, 5.41) is 3.25. The second kappa shape index (κ2) is 3.71. The standard InChI is InChI=1S/C9H16FNO/c10-3-8-4-11-5-9(8)7-1-2-12-6-7/h7-9,11H,1-6H2. The minimum Gasteiger partial charge on any atom is -0.381 e. The zero-order valence-electron chi connectivity index (χ0n) is 7.26. The molecule has 3 heteroatoms. The molecule has 0 aromatic rings. The summed E-state index contributed by atoms with van der Waals surface area (Å²) in [6.45, 7) is 3.40. The normalized spacial score (nSPS) is 42.2. The van der Waals surface area contributed by atoms with Crippen molar-refractivity contribution < 1.29 is 9.13 Å². The van der Waals surface area contributed by atoms with Gasteiger partial charge in [-0.2, -0.15) is 0 Å². The highest BCUT2D eigenvalue weighted by molar-refractivity contribution is 4.86. The molecule has 2 rings (SSSR count). The van der Waals surface area contributed by atoms with Gasteiger partial charge in [-0.15, -0.1) is 0 Å². The maximum Gasteiger partial charge on any atom is 0.0937 e. The third-order valence-corrected chi connectivity index (χ3v) is 3.16. The van der Waals surface area contributed by atoms with E-state index >= 15 is 0 Å². The van der Waals surface area contributed by atoms with Crippen molar-refractivity contribution in [2.45, 2.75) is 6.42 Å². The van der Waals surface area contributed by atoms with E-state index in [9.17, 15) is 4.39 Å². The summed E-state index contributed by atoms with van der Waals surface area (Å²) >= 11 is 0. The van der Waals surface area contributed by atoms with Crippen LogP contribution in [0.5, 0.6) is 0 Å². The first-order valence-corrected chi connectivity index (χ1v) is 4.76. The largest absolute Gasteiger partial charge is 0.381 e. The highest BCUT2D eigenvalue weighted by atomic mass is 19.1. The van der Waals surface area contributed by atoms with Gasteiger partial charge in [0.25, 0.3) is 0 Å². The number of halogens is 1. The Labute approximate surface area is 72.5 Å². The van der Waals surface area contributed by atoms with Crippen LogP contribution < -0.4 is 5.32 Å². The summed E-state index contributed by atoms with van der Waals surface area (Å²) in [5.74, 6) is 1.38. The first-order chi connectivity index (χ1) is 5.92. The predicted molar refractivity (Wildman–Crippen MR) is 44.8 cm³/mol. The second-order valence-electron chi connectivity index (χ2n) is 3.86. The Morgan fingerprint density at radius 1 is 1.42 bits per heavy atom. The summed E-state index contributed by atoms with van der Waals surface area (Å²) < 4.78 is 17.8. The molecule has 0 aromatic carbocycles. The van der Waals surface area contributed by atoms with Gasteiger partial charge in [-0.3, -0.25) is 4.39 Å². The fraction of sp³-hybridized carbons (Fsp3) is 1.00. The van der Waals surface area contributed by atoms with E-state index in [0.29, 0.717) is 11.8 Å². The van der Waals surface area contributed by atoms with E-state index in [1.165, 1.54) is 0 Å². The molecule has 3 atom stereocenters.